The van der Waals surface area contributed by atoms with Gasteiger partial charge in [0, 0.05) is 17.1 Å². The molecule has 2 heterocycles. The van der Waals surface area contributed by atoms with Crippen LogP contribution in [-0.2, 0) is 0 Å². The van der Waals surface area contributed by atoms with Gasteiger partial charge in [0.1, 0.15) is 17.3 Å². The molecule has 2 aromatic heterocycles. The van der Waals surface area contributed by atoms with Gasteiger partial charge in [0.05, 0.1) is 17.4 Å². The third kappa shape index (κ3) is 2.03. The van der Waals surface area contributed by atoms with Crippen molar-refractivity contribution < 1.29 is 18.0 Å². The number of carbonyl (C=O) groups excluding carboxylic acids is 1. The number of nitrogens with one attached hydrogen (secondary N) is 1. The number of hydrogen-bond donors (Lipinski definition) is 2. The molecule has 3 N–H and O–H groups in total. The minimum absolute atomic E-state index is 0.0830. The molecule has 1 aromatic carbocycles. The number of anilines is 1. The first-order valence-electron chi connectivity index (χ1n) is 5.90. The van der Waals surface area contributed by atoms with Gasteiger partial charge in [0.2, 0.25) is 5.78 Å². The molecule has 0 unspecified atom stereocenters. The number of aromatic nitrogens is 2. The van der Waals surface area contributed by atoms with Gasteiger partial charge in [-0.2, -0.15) is 0 Å². The second-order valence-corrected chi connectivity index (χ2v) is 4.41. The Labute approximate surface area is 116 Å². The lowest BCUT2D eigenvalue weighted by Gasteiger charge is -2.05. The van der Waals surface area contributed by atoms with Gasteiger partial charge < -0.3 is 10.7 Å². The minimum Gasteiger partial charge on any atom is -0.396 e. The summed E-state index contributed by atoms with van der Waals surface area (Å²) in [6, 6.07) is 2.99. The van der Waals surface area contributed by atoms with Crippen molar-refractivity contribution in [3.8, 4) is 0 Å². The van der Waals surface area contributed by atoms with Crippen LogP contribution in [0.3, 0.4) is 0 Å². The molecule has 4 nitrogen and oxygen atoms in total. The second kappa shape index (κ2) is 4.62. The van der Waals surface area contributed by atoms with Gasteiger partial charge in [-0.15, -0.1) is 0 Å². The van der Waals surface area contributed by atoms with E-state index in [-0.39, 0.29) is 22.3 Å². The molecule has 7 heteroatoms. The quantitative estimate of drug-likeness (QED) is 0.563. The molecule has 106 valence electrons. The summed E-state index contributed by atoms with van der Waals surface area (Å²) in [7, 11) is 0. The molecule has 0 aliphatic rings. The second-order valence-electron chi connectivity index (χ2n) is 4.41. The van der Waals surface area contributed by atoms with Crippen LogP contribution in [0, 0.1) is 17.5 Å². The zero-order chi connectivity index (χ0) is 15.1. The van der Waals surface area contributed by atoms with Crippen LogP contribution in [0.15, 0.2) is 30.6 Å². The molecule has 0 amide bonds. The Hall–Kier alpha value is -2.83. The van der Waals surface area contributed by atoms with Gasteiger partial charge in [-0.1, -0.05) is 0 Å². The molecule has 0 bridgehead atoms. The van der Waals surface area contributed by atoms with Crippen LogP contribution in [0.1, 0.15) is 15.9 Å². The number of hydrogen-bond acceptors (Lipinski definition) is 3. The first-order chi connectivity index (χ1) is 9.99. The van der Waals surface area contributed by atoms with Crippen molar-refractivity contribution in [1.29, 1.82) is 0 Å². The molecule has 0 fully saturated rings. The molecule has 0 atom stereocenters. The molecule has 3 aromatic rings. The maximum absolute atomic E-state index is 13.9. The highest BCUT2D eigenvalue weighted by Crippen LogP contribution is 2.25. The summed E-state index contributed by atoms with van der Waals surface area (Å²) >= 11 is 0. The van der Waals surface area contributed by atoms with Crippen molar-refractivity contribution in [3.05, 3.63) is 59.2 Å². The van der Waals surface area contributed by atoms with Gasteiger partial charge in [-0.05, 0) is 18.2 Å². The van der Waals surface area contributed by atoms with Crippen LogP contribution in [0.4, 0.5) is 18.9 Å². The SMILES string of the molecule is Nc1ccc(F)c(C(=O)c2c[nH]c3ncc(F)cc23)c1F. The molecule has 0 aliphatic carbocycles. The van der Waals surface area contributed by atoms with E-state index in [2.05, 4.69) is 9.97 Å². The maximum Gasteiger partial charge on any atom is 0.201 e. The lowest BCUT2D eigenvalue weighted by atomic mass is 10.0. The largest absolute Gasteiger partial charge is 0.396 e. The summed E-state index contributed by atoms with van der Waals surface area (Å²) < 4.78 is 40.9. The number of aromatic amines is 1. The summed E-state index contributed by atoms with van der Waals surface area (Å²) in [5.41, 5.74) is 4.38. The number of fused-ring (bicyclic) bond motifs is 1. The molecule has 0 saturated carbocycles. The van der Waals surface area contributed by atoms with E-state index < -0.39 is 28.8 Å². The van der Waals surface area contributed by atoms with Crippen molar-refractivity contribution in [2.24, 2.45) is 0 Å². The lowest BCUT2D eigenvalue weighted by molar-refractivity contribution is 0.103. The van der Waals surface area contributed by atoms with Crippen molar-refractivity contribution in [3.63, 3.8) is 0 Å². The molecule has 0 spiro atoms. The van der Waals surface area contributed by atoms with Gasteiger partial charge in [-0.25, -0.2) is 18.2 Å². The Bertz CT molecular complexity index is 873. The van der Waals surface area contributed by atoms with Crippen LogP contribution < -0.4 is 5.73 Å². The minimum atomic E-state index is -1.14. The Morgan fingerprint density at radius 1 is 1.24 bits per heavy atom. The van der Waals surface area contributed by atoms with Crippen LogP contribution >= 0.6 is 0 Å². The van der Waals surface area contributed by atoms with E-state index in [4.69, 9.17) is 5.73 Å². The van der Waals surface area contributed by atoms with Crippen LogP contribution in [-0.4, -0.2) is 15.8 Å². The van der Waals surface area contributed by atoms with Crippen molar-refractivity contribution >= 4 is 22.5 Å². The van der Waals surface area contributed by atoms with Crippen LogP contribution in [0.5, 0.6) is 0 Å². The summed E-state index contributed by atoms with van der Waals surface area (Å²) in [5, 5.41) is 0.140. The predicted molar refractivity (Wildman–Crippen MR) is 70.3 cm³/mol. The summed E-state index contributed by atoms with van der Waals surface area (Å²) in [6.07, 6.45) is 2.19. The van der Waals surface area contributed by atoms with Crippen molar-refractivity contribution in [2.45, 2.75) is 0 Å². The topological polar surface area (TPSA) is 71.8 Å². The third-order valence-electron chi connectivity index (χ3n) is 3.09. The fraction of sp³-hybridized carbons (Fsp3) is 0. The first kappa shape index (κ1) is 13.2. The number of nitrogens with two attached hydrogens (primary N) is 1. The number of rotatable bonds is 2. The van der Waals surface area contributed by atoms with Crippen molar-refractivity contribution in [2.75, 3.05) is 5.73 Å². The van der Waals surface area contributed by atoms with Gasteiger partial charge in [0.15, 0.2) is 5.82 Å². The number of pyridine rings is 1. The number of nitrogen functional groups attached to an aromatic ring is 1. The zero-order valence-electron chi connectivity index (χ0n) is 10.5. The average Bonchev–Trinajstić information content (AvgIpc) is 2.86. The number of halogens is 3. The van der Waals surface area contributed by atoms with E-state index in [1.54, 1.807) is 0 Å². The normalized spacial score (nSPS) is 11.0. The number of ketones is 1. The Kier molecular flexibility index (Phi) is 2.90. The first-order valence-corrected chi connectivity index (χ1v) is 5.90. The Morgan fingerprint density at radius 3 is 2.76 bits per heavy atom. The van der Waals surface area contributed by atoms with E-state index in [0.717, 1.165) is 24.4 Å². The predicted octanol–water partition coefficient (Wildman–Crippen LogP) is 2.79. The average molecular weight is 291 g/mol. The number of nitrogens with zero attached hydrogens (tertiary/aromatic N) is 1. The zero-order valence-corrected chi connectivity index (χ0v) is 10.5. The highest BCUT2D eigenvalue weighted by atomic mass is 19.1. The van der Waals surface area contributed by atoms with Gasteiger partial charge in [-0.3, -0.25) is 4.79 Å². The van der Waals surface area contributed by atoms with E-state index in [1.165, 1.54) is 6.20 Å². The summed E-state index contributed by atoms with van der Waals surface area (Å²) in [6.45, 7) is 0. The van der Waals surface area contributed by atoms with Gasteiger partial charge >= 0.3 is 0 Å². The highest BCUT2D eigenvalue weighted by molar-refractivity contribution is 6.16. The smallest absolute Gasteiger partial charge is 0.201 e. The number of benzene rings is 1. The lowest BCUT2D eigenvalue weighted by Crippen LogP contribution is -2.09. The summed E-state index contributed by atoms with van der Waals surface area (Å²) in [4.78, 5) is 18.7. The third-order valence-corrected chi connectivity index (χ3v) is 3.09. The molecular formula is C14H8F3N3O. The highest BCUT2D eigenvalue weighted by Gasteiger charge is 2.23. The number of H-pyrrole nitrogens is 1. The van der Waals surface area contributed by atoms with Gasteiger partial charge in [0.25, 0.3) is 0 Å². The summed E-state index contributed by atoms with van der Waals surface area (Å²) in [5.74, 6) is -3.77. The van der Waals surface area contributed by atoms with E-state index in [0.29, 0.717) is 0 Å². The molecule has 0 radical (unpaired) electrons. The van der Waals surface area contributed by atoms with E-state index in [9.17, 15) is 18.0 Å². The molecule has 21 heavy (non-hydrogen) atoms. The fourth-order valence-corrected chi connectivity index (χ4v) is 2.08. The fourth-order valence-electron chi connectivity index (χ4n) is 2.08. The standard InChI is InChI=1S/C14H8F3N3O/c15-6-3-7-8(5-20-14(7)19-4-6)13(21)11-9(16)1-2-10(18)12(11)17/h1-5H,18H2,(H,19,20). The maximum atomic E-state index is 13.9. The molecular weight excluding hydrogens is 283 g/mol. The molecule has 0 saturated heterocycles. The Balaban J connectivity index is 2.22. The monoisotopic (exact) mass is 291 g/mol. The van der Waals surface area contributed by atoms with Crippen molar-refractivity contribution in [1.82, 2.24) is 9.97 Å². The number of carbonyl (C=O) groups is 1. The van der Waals surface area contributed by atoms with E-state index >= 15 is 0 Å². The Morgan fingerprint density at radius 2 is 2.00 bits per heavy atom. The van der Waals surface area contributed by atoms with Crippen LogP contribution in [0.2, 0.25) is 0 Å². The van der Waals surface area contributed by atoms with E-state index in [1.807, 2.05) is 0 Å². The van der Waals surface area contributed by atoms with Crippen LogP contribution in [0.25, 0.3) is 11.0 Å². The molecule has 3 rings (SSSR count). The molecule has 0 aliphatic heterocycles.